The molecule has 1 N–H and O–H groups in total. The Balaban J connectivity index is 1.16. The molecule has 1 fully saturated rings. The number of para-hydroxylation sites is 1. The van der Waals surface area contributed by atoms with Crippen LogP contribution < -0.4 is 15.0 Å². The summed E-state index contributed by atoms with van der Waals surface area (Å²) in [6.45, 7) is 4.24. The highest BCUT2D eigenvalue weighted by molar-refractivity contribution is 7.73. The van der Waals surface area contributed by atoms with E-state index >= 15 is 0 Å². The topological polar surface area (TPSA) is 71.3 Å². The second-order valence-corrected chi connectivity index (χ2v) is 9.16. The zero-order chi connectivity index (χ0) is 22.5. The molecular weight excluding hydrogens is 454 g/mol. The van der Waals surface area contributed by atoms with Gasteiger partial charge in [0.1, 0.15) is 11.5 Å². The molecule has 0 radical (unpaired) electrons. The fraction of sp³-hybridized carbons (Fsp3) is 0.217. The summed E-state index contributed by atoms with van der Waals surface area (Å²) in [6.07, 6.45) is 3.56. The first-order valence-corrected chi connectivity index (χ1v) is 11.9. The van der Waals surface area contributed by atoms with Gasteiger partial charge in [0.25, 0.3) is 0 Å². The zero-order valence-electron chi connectivity index (χ0n) is 17.9. The van der Waals surface area contributed by atoms with E-state index in [0.29, 0.717) is 6.67 Å². The highest BCUT2D eigenvalue weighted by Crippen LogP contribution is 2.25. The van der Waals surface area contributed by atoms with Crippen LogP contribution in [0.3, 0.4) is 0 Å². The normalized spacial score (nSPS) is 14.2. The first kappa shape index (κ1) is 21.5. The fourth-order valence-corrected chi connectivity index (χ4v) is 4.55. The van der Waals surface area contributed by atoms with Crippen LogP contribution in [0, 0.1) is 3.95 Å². The molecule has 0 unspecified atom stereocenters. The minimum Gasteiger partial charge on any atom is -0.457 e. The van der Waals surface area contributed by atoms with Crippen LogP contribution in [0.5, 0.6) is 11.5 Å². The second kappa shape index (κ2) is 10.1. The van der Waals surface area contributed by atoms with Crippen molar-refractivity contribution in [3.63, 3.8) is 0 Å². The number of rotatable bonds is 7. The molecule has 2 aromatic heterocycles. The maximum Gasteiger partial charge on any atom is 0.225 e. The monoisotopic (exact) mass is 477 g/mol. The second-order valence-electron chi connectivity index (χ2n) is 7.53. The molecule has 2 aromatic carbocycles. The van der Waals surface area contributed by atoms with Gasteiger partial charge in [0, 0.05) is 44.3 Å². The maximum atomic E-state index is 5.85. The van der Waals surface area contributed by atoms with Gasteiger partial charge in [0.2, 0.25) is 11.1 Å². The van der Waals surface area contributed by atoms with Crippen LogP contribution in [-0.4, -0.2) is 50.8 Å². The van der Waals surface area contributed by atoms with Gasteiger partial charge in [-0.25, -0.2) is 14.6 Å². The smallest absolute Gasteiger partial charge is 0.225 e. The molecule has 1 saturated heterocycles. The molecule has 1 aliphatic rings. The fourth-order valence-electron chi connectivity index (χ4n) is 3.53. The summed E-state index contributed by atoms with van der Waals surface area (Å²) in [5.74, 6) is 2.38. The quantitative estimate of drug-likeness (QED) is 0.381. The Kier molecular flexibility index (Phi) is 6.56. The van der Waals surface area contributed by atoms with Crippen LogP contribution in [0.25, 0.3) is 0 Å². The average Bonchev–Trinajstić information content (AvgIpc) is 3.20. The summed E-state index contributed by atoms with van der Waals surface area (Å²) in [6, 6.07) is 19.4. The van der Waals surface area contributed by atoms with Gasteiger partial charge in [-0.3, -0.25) is 4.90 Å². The predicted molar refractivity (Wildman–Crippen MR) is 133 cm³/mol. The van der Waals surface area contributed by atoms with E-state index in [2.05, 4.69) is 30.2 Å². The molecule has 4 aromatic rings. The van der Waals surface area contributed by atoms with Crippen LogP contribution in [0.4, 0.5) is 16.8 Å². The number of hydrogen-bond donors (Lipinski definition) is 1. The van der Waals surface area contributed by atoms with Crippen molar-refractivity contribution >= 4 is 40.3 Å². The Bertz CT molecular complexity index is 1220. The Morgan fingerprint density at radius 2 is 1.58 bits per heavy atom. The van der Waals surface area contributed by atoms with Crippen LogP contribution >= 0.6 is 23.6 Å². The van der Waals surface area contributed by atoms with Gasteiger partial charge in [-0.15, -0.1) is 5.10 Å². The standard InChI is InChI=1S/C23H23N7OS2/c32-23-30(17-28-13-15-29(16-14-28)21-24-11-4-12-25-21)27-22(33-23)26-18-7-9-20(10-8-18)31-19-5-2-1-3-6-19/h1-12H,13-17H2,(H,26,27). The Morgan fingerprint density at radius 1 is 0.879 bits per heavy atom. The highest BCUT2D eigenvalue weighted by atomic mass is 32.1. The van der Waals surface area contributed by atoms with Crippen molar-refractivity contribution in [3.05, 3.63) is 77.0 Å². The molecule has 0 amide bonds. The largest absolute Gasteiger partial charge is 0.457 e. The van der Waals surface area contributed by atoms with Crippen molar-refractivity contribution in [1.29, 1.82) is 0 Å². The molecule has 0 saturated carbocycles. The average molecular weight is 478 g/mol. The Morgan fingerprint density at radius 3 is 2.30 bits per heavy atom. The van der Waals surface area contributed by atoms with Gasteiger partial charge >= 0.3 is 0 Å². The molecule has 168 valence electrons. The summed E-state index contributed by atoms with van der Waals surface area (Å²) >= 11 is 7.02. The minimum atomic E-state index is 0.671. The first-order valence-electron chi connectivity index (χ1n) is 10.7. The van der Waals surface area contributed by atoms with Crippen molar-refractivity contribution in [2.75, 3.05) is 36.4 Å². The molecule has 8 nitrogen and oxygen atoms in total. The molecule has 5 rings (SSSR count). The minimum absolute atomic E-state index is 0.671. The SMILES string of the molecule is S=c1sc(Nc2ccc(Oc3ccccc3)cc2)nn1CN1CCN(c2ncccn2)CC1. The molecule has 0 bridgehead atoms. The first-order chi connectivity index (χ1) is 16.2. The van der Waals surface area contributed by atoms with E-state index in [-0.39, 0.29) is 0 Å². The molecule has 10 heteroatoms. The summed E-state index contributed by atoms with van der Waals surface area (Å²) in [4.78, 5) is 13.2. The number of hydrogen-bond acceptors (Lipinski definition) is 9. The summed E-state index contributed by atoms with van der Waals surface area (Å²) < 4.78 is 8.47. The van der Waals surface area contributed by atoms with Crippen LogP contribution in [-0.2, 0) is 6.67 Å². The zero-order valence-corrected chi connectivity index (χ0v) is 19.5. The summed E-state index contributed by atoms with van der Waals surface area (Å²) in [7, 11) is 0. The molecular formula is C23H23N7OS2. The lowest BCUT2D eigenvalue weighted by atomic mass is 10.3. The van der Waals surface area contributed by atoms with E-state index in [4.69, 9.17) is 17.0 Å². The van der Waals surface area contributed by atoms with Crippen molar-refractivity contribution in [2.45, 2.75) is 6.67 Å². The van der Waals surface area contributed by atoms with Gasteiger partial charge < -0.3 is 15.0 Å². The maximum absolute atomic E-state index is 5.85. The number of nitrogens with one attached hydrogen (secondary N) is 1. The highest BCUT2D eigenvalue weighted by Gasteiger charge is 2.19. The van der Waals surface area contributed by atoms with E-state index in [9.17, 15) is 0 Å². The third kappa shape index (κ3) is 5.54. The van der Waals surface area contributed by atoms with Crippen molar-refractivity contribution < 1.29 is 4.74 Å². The van der Waals surface area contributed by atoms with E-state index < -0.39 is 0 Å². The van der Waals surface area contributed by atoms with E-state index in [1.165, 1.54) is 11.3 Å². The summed E-state index contributed by atoms with van der Waals surface area (Å²) in [5.41, 5.74) is 0.933. The van der Waals surface area contributed by atoms with Crippen LogP contribution in [0.2, 0.25) is 0 Å². The number of anilines is 3. The molecule has 1 aliphatic heterocycles. The van der Waals surface area contributed by atoms with Gasteiger partial charge in [0.15, 0.2) is 3.95 Å². The number of ether oxygens (including phenoxy) is 1. The van der Waals surface area contributed by atoms with E-state index in [1.54, 1.807) is 12.4 Å². The van der Waals surface area contributed by atoms with Crippen LogP contribution in [0.15, 0.2) is 73.1 Å². The van der Waals surface area contributed by atoms with E-state index in [1.807, 2.05) is 65.3 Å². The van der Waals surface area contributed by atoms with Crippen molar-refractivity contribution in [2.24, 2.45) is 0 Å². The predicted octanol–water partition coefficient (Wildman–Crippen LogP) is 4.78. The number of piperazine rings is 1. The Labute approximate surface area is 201 Å². The third-order valence-electron chi connectivity index (χ3n) is 5.23. The lowest BCUT2D eigenvalue weighted by Crippen LogP contribution is -2.47. The van der Waals surface area contributed by atoms with Gasteiger partial charge in [-0.1, -0.05) is 29.5 Å². The molecule has 0 aliphatic carbocycles. The van der Waals surface area contributed by atoms with Crippen molar-refractivity contribution in [1.82, 2.24) is 24.6 Å². The third-order valence-corrected chi connectivity index (χ3v) is 6.46. The number of nitrogens with zero attached hydrogens (tertiary/aromatic N) is 6. The molecule has 0 atom stereocenters. The van der Waals surface area contributed by atoms with Gasteiger partial charge in [0.05, 0.1) is 6.67 Å². The van der Waals surface area contributed by atoms with E-state index in [0.717, 1.165) is 58.4 Å². The van der Waals surface area contributed by atoms with Crippen molar-refractivity contribution in [3.8, 4) is 11.5 Å². The van der Waals surface area contributed by atoms with Gasteiger partial charge in [-0.05, 0) is 54.7 Å². The molecule has 3 heterocycles. The summed E-state index contributed by atoms with van der Waals surface area (Å²) in [5, 5.41) is 8.79. The number of aromatic nitrogens is 4. The number of benzene rings is 2. The van der Waals surface area contributed by atoms with Gasteiger partial charge in [-0.2, -0.15) is 0 Å². The Hall–Kier alpha value is -3.34. The lowest BCUT2D eigenvalue weighted by Gasteiger charge is -2.34. The molecule has 33 heavy (non-hydrogen) atoms. The van der Waals surface area contributed by atoms with Crippen LogP contribution in [0.1, 0.15) is 0 Å². The molecule has 0 spiro atoms. The lowest BCUT2D eigenvalue weighted by molar-refractivity contribution is 0.194.